The van der Waals surface area contributed by atoms with Crippen LogP contribution in [-0.4, -0.2) is 17.0 Å². The van der Waals surface area contributed by atoms with Crippen molar-refractivity contribution in [1.29, 1.82) is 0 Å². The molecule has 0 unspecified atom stereocenters. The van der Waals surface area contributed by atoms with Crippen molar-refractivity contribution in [2.45, 2.75) is 6.42 Å². The van der Waals surface area contributed by atoms with E-state index in [1.807, 2.05) is 0 Å². The van der Waals surface area contributed by atoms with Gasteiger partial charge in [-0.25, -0.2) is 0 Å². The van der Waals surface area contributed by atoms with E-state index in [4.69, 9.17) is 34.1 Å². The molecule has 16 heavy (non-hydrogen) atoms. The number of rotatable bonds is 3. The monoisotopic (exact) mass is 261 g/mol. The van der Waals surface area contributed by atoms with Crippen LogP contribution < -0.4 is 11.1 Å². The summed E-state index contributed by atoms with van der Waals surface area (Å²) < 4.78 is 0. The third-order valence-electron chi connectivity index (χ3n) is 1.62. The fraction of sp³-hybridized carbons (Fsp3) is 0.111. The summed E-state index contributed by atoms with van der Waals surface area (Å²) in [5.41, 5.74) is 5.63. The second-order valence-corrected chi connectivity index (χ2v) is 3.85. The van der Waals surface area contributed by atoms with Crippen LogP contribution in [0.4, 0.5) is 5.69 Å². The molecule has 0 spiro atoms. The van der Waals surface area contributed by atoms with Crippen LogP contribution >= 0.6 is 23.2 Å². The number of nitrogens with one attached hydrogen (secondary N) is 1. The molecule has 0 bridgehead atoms. The Kier molecular flexibility index (Phi) is 4.39. The number of anilines is 1. The Bertz CT molecular complexity index is 415. The number of amidine groups is 1. The zero-order chi connectivity index (χ0) is 12.1. The Balaban J connectivity index is 2.70. The molecule has 4 N–H and O–H groups in total. The lowest BCUT2D eigenvalue weighted by Crippen LogP contribution is -2.21. The van der Waals surface area contributed by atoms with E-state index in [0.29, 0.717) is 15.7 Å². The maximum absolute atomic E-state index is 11.3. The van der Waals surface area contributed by atoms with E-state index < -0.39 is 5.91 Å². The van der Waals surface area contributed by atoms with Crippen LogP contribution in [0.25, 0.3) is 0 Å². The molecule has 0 aliphatic carbocycles. The van der Waals surface area contributed by atoms with Gasteiger partial charge in [-0.05, 0) is 18.2 Å². The summed E-state index contributed by atoms with van der Waals surface area (Å²) in [6, 6.07) is 4.62. The topological polar surface area (TPSA) is 87.7 Å². The van der Waals surface area contributed by atoms with Gasteiger partial charge in [0, 0.05) is 15.7 Å². The average molecular weight is 262 g/mol. The van der Waals surface area contributed by atoms with E-state index in [0.717, 1.165) is 0 Å². The zero-order valence-corrected chi connectivity index (χ0v) is 9.59. The fourth-order valence-electron chi connectivity index (χ4n) is 1.03. The zero-order valence-electron chi connectivity index (χ0n) is 8.08. The van der Waals surface area contributed by atoms with Crippen LogP contribution in [-0.2, 0) is 4.79 Å². The van der Waals surface area contributed by atoms with E-state index in [1.165, 1.54) is 12.1 Å². The van der Waals surface area contributed by atoms with E-state index in [1.54, 1.807) is 6.07 Å². The number of benzene rings is 1. The van der Waals surface area contributed by atoms with Gasteiger partial charge in [0.25, 0.3) is 0 Å². The number of carbonyl (C=O) groups excluding carboxylic acids is 1. The van der Waals surface area contributed by atoms with E-state index in [2.05, 4.69) is 10.5 Å². The van der Waals surface area contributed by atoms with E-state index in [9.17, 15) is 4.79 Å². The van der Waals surface area contributed by atoms with Crippen LogP contribution in [0.5, 0.6) is 0 Å². The lowest BCUT2D eigenvalue weighted by Gasteiger charge is -2.05. The van der Waals surface area contributed by atoms with Crippen molar-refractivity contribution in [1.82, 2.24) is 0 Å². The van der Waals surface area contributed by atoms with Crippen LogP contribution in [0.3, 0.4) is 0 Å². The number of hydrogen-bond acceptors (Lipinski definition) is 3. The lowest BCUT2D eigenvalue weighted by atomic mass is 10.3. The van der Waals surface area contributed by atoms with Crippen LogP contribution in [0.1, 0.15) is 6.42 Å². The first kappa shape index (κ1) is 12.6. The lowest BCUT2D eigenvalue weighted by molar-refractivity contribution is -0.115. The van der Waals surface area contributed by atoms with Gasteiger partial charge in [-0.2, -0.15) is 0 Å². The fourth-order valence-corrected chi connectivity index (χ4v) is 1.56. The van der Waals surface area contributed by atoms with Gasteiger partial charge in [0.2, 0.25) is 5.91 Å². The molecule has 0 atom stereocenters. The van der Waals surface area contributed by atoms with Crippen LogP contribution in [0.15, 0.2) is 23.4 Å². The minimum atomic E-state index is -0.423. The molecule has 86 valence electrons. The van der Waals surface area contributed by atoms with Crippen molar-refractivity contribution in [2.75, 3.05) is 5.32 Å². The number of oxime groups is 1. The molecule has 0 heterocycles. The summed E-state index contributed by atoms with van der Waals surface area (Å²) in [6.07, 6.45) is -0.208. The molecule has 0 aromatic heterocycles. The van der Waals surface area contributed by atoms with Crippen molar-refractivity contribution >= 4 is 40.6 Å². The molecule has 1 aromatic rings. The summed E-state index contributed by atoms with van der Waals surface area (Å²) in [5, 5.41) is 14.3. The highest BCUT2D eigenvalue weighted by molar-refractivity contribution is 6.35. The molecule has 1 aromatic carbocycles. The molecule has 0 fully saturated rings. The Morgan fingerprint density at radius 1 is 1.38 bits per heavy atom. The average Bonchev–Trinajstić information content (AvgIpc) is 2.15. The molecule has 0 aliphatic rings. The number of nitrogens with two attached hydrogens (primary N) is 1. The predicted molar refractivity (Wildman–Crippen MR) is 63.1 cm³/mol. The summed E-state index contributed by atoms with van der Waals surface area (Å²) in [6.45, 7) is 0. The molecule has 1 rings (SSSR count). The molecule has 1 amide bonds. The van der Waals surface area contributed by atoms with Gasteiger partial charge >= 0.3 is 0 Å². The quantitative estimate of drug-likeness (QED) is 0.337. The maximum Gasteiger partial charge on any atom is 0.232 e. The predicted octanol–water partition coefficient (Wildman–Crippen LogP) is 2.07. The molecule has 0 radical (unpaired) electrons. The van der Waals surface area contributed by atoms with Gasteiger partial charge in [-0.3, -0.25) is 4.79 Å². The smallest absolute Gasteiger partial charge is 0.232 e. The standard InChI is InChI=1S/C9H9Cl2N3O2/c10-5-1-6(11)3-7(2-5)13-9(15)4-8(12)14-16/h1-3,16H,4H2,(H2,12,14)(H,13,15). The number of nitrogens with zero attached hydrogens (tertiary/aromatic N) is 1. The number of hydrogen-bond donors (Lipinski definition) is 3. The molecular formula is C9H9Cl2N3O2. The summed E-state index contributed by atoms with van der Waals surface area (Å²) >= 11 is 11.5. The van der Waals surface area contributed by atoms with Crippen LogP contribution in [0.2, 0.25) is 10.0 Å². The van der Waals surface area contributed by atoms with Crippen molar-refractivity contribution in [3.63, 3.8) is 0 Å². The Hall–Kier alpha value is -1.46. The Morgan fingerprint density at radius 3 is 2.44 bits per heavy atom. The third-order valence-corrected chi connectivity index (χ3v) is 2.05. The largest absolute Gasteiger partial charge is 0.409 e. The minimum absolute atomic E-state index is 0.175. The van der Waals surface area contributed by atoms with E-state index in [-0.39, 0.29) is 12.3 Å². The van der Waals surface area contributed by atoms with Gasteiger partial charge in [-0.15, -0.1) is 0 Å². The number of halogens is 2. The second-order valence-electron chi connectivity index (χ2n) is 2.97. The Labute approximate surface area is 102 Å². The molecule has 7 heteroatoms. The third kappa shape index (κ3) is 3.96. The molecular weight excluding hydrogens is 253 g/mol. The van der Waals surface area contributed by atoms with Gasteiger partial charge in [0.1, 0.15) is 5.84 Å². The first-order valence-corrected chi connectivity index (χ1v) is 4.99. The normalized spacial score (nSPS) is 11.2. The van der Waals surface area contributed by atoms with Crippen LogP contribution in [0, 0.1) is 0 Å². The maximum atomic E-state index is 11.3. The first-order valence-electron chi connectivity index (χ1n) is 4.23. The van der Waals surface area contributed by atoms with Gasteiger partial charge < -0.3 is 16.3 Å². The molecule has 0 aliphatic heterocycles. The first-order chi connectivity index (χ1) is 7.51. The summed E-state index contributed by atoms with van der Waals surface area (Å²) in [4.78, 5) is 11.3. The molecule has 0 saturated carbocycles. The number of carbonyl (C=O) groups is 1. The van der Waals surface area contributed by atoms with Crippen molar-refractivity contribution < 1.29 is 10.0 Å². The summed E-state index contributed by atoms with van der Waals surface area (Å²) in [5.74, 6) is -0.598. The molecule has 0 saturated heterocycles. The second kappa shape index (κ2) is 5.58. The van der Waals surface area contributed by atoms with Gasteiger partial charge in [0.15, 0.2) is 0 Å². The Morgan fingerprint density at radius 2 is 1.94 bits per heavy atom. The van der Waals surface area contributed by atoms with Gasteiger partial charge in [0.05, 0.1) is 6.42 Å². The van der Waals surface area contributed by atoms with Gasteiger partial charge in [-0.1, -0.05) is 28.4 Å². The SMILES string of the molecule is N/C(CC(=O)Nc1cc(Cl)cc(Cl)c1)=N\O. The number of amides is 1. The highest BCUT2D eigenvalue weighted by atomic mass is 35.5. The van der Waals surface area contributed by atoms with Crippen molar-refractivity contribution in [3.05, 3.63) is 28.2 Å². The highest BCUT2D eigenvalue weighted by Crippen LogP contribution is 2.22. The highest BCUT2D eigenvalue weighted by Gasteiger charge is 2.06. The summed E-state index contributed by atoms with van der Waals surface area (Å²) in [7, 11) is 0. The van der Waals surface area contributed by atoms with E-state index >= 15 is 0 Å². The van der Waals surface area contributed by atoms with Crippen molar-refractivity contribution in [3.8, 4) is 0 Å². The minimum Gasteiger partial charge on any atom is -0.409 e. The van der Waals surface area contributed by atoms with Crippen molar-refractivity contribution in [2.24, 2.45) is 10.9 Å². The molecule has 5 nitrogen and oxygen atoms in total.